The summed E-state index contributed by atoms with van der Waals surface area (Å²) in [6, 6.07) is 8.56. The first-order valence-corrected chi connectivity index (χ1v) is 10.2. The Morgan fingerprint density at radius 2 is 1.89 bits per heavy atom. The van der Waals surface area contributed by atoms with Gasteiger partial charge in [-0.25, -0.2) is 0 Å². The Labute approximate surface area is 161 Å². The minimum atomic E-state index is -0.566. The Balaban J connectivity index is 1.32. The SMILES string of the molecule is CCC1(N)CCN(C(=O)C(=O)Nc2ccc(N3CC4CCC3C4)cc2)CC1. The topological polar surface area (TPSA) is 78.7 Å². The number of piperidine rings is 2. The minimum Gasteiger partial charge on any atom is -0.368 e. The van der Waals surface area contributed by atoms with Crippen LogP contribution in [0.25, 0.3) is 0 Å². The van der Waals surface area contributed by atoms with Crippen molar-refractivity contribution in [1.82, 2.24) is 4.90 Å². The van der Waals surface area contributed by atoms with Gasteiger partial charge in [-0.2, -0.15) is 0 Å². The maximum atomic E-state index is 12.4. The van der Waals surface area contributed by atoms with Crippen molar-refractivity contribution in [3.05, 3.63) is 24.3 Å². The van der Waals surface area contributed by atoms with Crippen molar-refractivity contribution in [2.24, 2.45) is 11.7 Å². The van der Waals surface area contributed by atoms with E-state index in [0.29, 0.717) is 24.8 Å². The number of nitrogens with one attached hydrogen (secondary N) is 1. The quantitative estimate of drug-likeness (QED) is 0.801. The summed E-state index contributed by atoms with van der Waals surface area (Å²) in [7, 11) is 0. The molecule has 2 aliphatic heterocycles. The lowest BCUT2D eigenvalue weighted by atomic mass is 9.86. The summed E-state index contributed by atoms with van der Waals surface area (Å²) < 4.78 is 0. The maximum Gasteiger partial charge on any atom is 0.313 e. The number of nitrogens with two attached hydrogens (primary N) is 1. The van der Waals surface area contributed by atoms with Crippen LogP contribution in [0, 0.1) is 5.92 Å². The highest BCUT2D eigenvalue weighted by Gasteiger charge is 2.37. The van der Waals surface area contributed by atoms with Crippen LogP contribution in [-0.2, 0) is 9.59 Å². The Morgan fingerprint density at radius 1 is 1.19 bits per heavy atom. The largest absolute Gasteiger partial charge is 0.368 e. The number of carbonyl (C=O) groups is 2. The molecule has 6 heteroatoms. The van der Waals surface area contributed by atoms with Crippen molar-refractivity contribution < 1.29 is 9.59 Å². The van der Waals surface area contributed by atoms with Gasteiger partial charge in [-0.15, -0.1) is 0 Å². The van der Waals surface area contributed by atoms with E-state index in [2.05, 4.69) is 17.1 Å². The molecule has 0 aromatic heterocycles. The van der Waals surface area contributed by atoms with Crippen LogP contribution >= 0.6 is 0 Å². The van der Waals surface area contributed by atoms with Gasteiger partial charge < -0.3 is 20.9 Å². The van der Waals surface area contributed by atoms with Gasteiger partial charge in [-0.3, -0.25) is 9.59 Å². The molecule has 2 unspecified atom stereocenters. The third kappa shape index (κ3) is 3.68. The number of hydrogen-bond donors (Lipinski definition) is 2. The molecule has 3 aliphatic rings. The normalized spacial score (nSPS) is 26.3. The predicted molar refractivity (Wildman–Crippen MR) is 107 cm³/mol. The predicted octanol–water partition coefficient (Wildman–Crippen LogP) is 2.34. The molecule has 27 heavy (non-hydrogen) atoms. The van der Waals surface area contributed by atoms with Gasteiger partial charge in [-0.05, 0) is 68.7 Å². The first-order valence-electron chi connectivity index (χ1n) is 10.2. The number of benzene rings is 1. The van der Waals surface area contributed by atoms with Crippen LogP contribution in [-0.4, -0.2) is 47.9 Å². The highest BCUT2D eigenvalue weighted by molar-refractivity contribution is 6.39. The molecule has 1 saturated carbocycles. The number of rotatable bonds is 3. The van der Waals surface area contributed by atoms with Gasteiger partial charge in [0.05, 0.1) is 0 Å². The van der Waals surface area contributed by atoms with E-state index in [0.717, 1.165) is 31.7 Å². The number of anilines is 2. The van der Waals surface area contributed by atoms with Gasteiger partial charge >= 0.3 is 11.8 Å². The van der Waals surface area contributed by atoms with Crippen molar-refractivity contribution in [3.8, 4) is 0 Å². The second-order valence-electron chi connectivity index (χ2n) is 8.49. The molecule has 2 amide bonds. The van der Waals surface area contributed by atoms with Gasteiger partial charge in [-0.1, -0.05) is 6.92 Å². The molecule has 1 aromatic rings. The molecule has 2 bridgehead atoms. The molecule has 2 heterocycles. The number of amides is 2. The summed E-state index contributed by atoms with van der Waals surface area (Å²) in [6.45, 7) is 4.31. The Morgan fingerprint density at radius 3 is 2.44 bits per heavy atom. The molecule has 4 rings (SSSR count). The summed E-state index contributed by atoms with van der Waals surface area (Å²) in [6.07, 6.45) is 6.34. The van der Waals surface area contributed by atoms with Crippen molar-refractivity contribution >= 4 is 23.2 Å². The summed E-state index contributed by atoms with van der Waals surface area (Å²) in [5.74, 6) is -0.186. The van der Waals surface area contributed by atoms with Crippen LogP contribution in [0.4, 0.5) is 11.4 Å². The third-order valence-corrected chi connectivity index (χ3v) is 6.81. The summed E-state index contributed by atoms with van der Waals surface area (Å²) in [4.78, 5) is 28.9. The molecular weight excluding hydrogens is 340 g/mol. The first-order chi connectivity index (χ1) is 13.0. The summed E-state index contributed by atoms with van der Waals surface area (Å²) in [5, 5.41) is 2.75. The van der Waals surface area contributed by atoms with Gasteiger partial charge in [0, 0.05) is 42.6 Å². The average molecular weight is 370 g/mol. The van der Waals surface area contributed by atoms with Crippen molar-refractivity contribution in [2.45, 2.75) is 57.0 Å². The fraction of sp³-hybridized carbons (Fsp3) is 0.619. The fourth-order valence-corrected chi connectivity index (χ4v) is 4.81. The summed E-state index contributed by atoms with van der Waals surface area (Å²) in [5.41, 5.74) is 7.95. The van der Waals surface area contributed by atoms with Crippen LogP contribution < -0.4 is 16.0 Å². The zero-order valence-electron chi connectivity index (χ0n) is 16.1. The molecule has 0 spiro atoms. The highest BCUT2D eigenvalue weighted by atomic mass is 16.2. The fourth-order valence-electron chi connectivity index (χ4n) is 4.81. The van der Waals surface area contributed by atoms with Crippen LogP contribution in [0.1, 0.15) is 45.4 Å². The van der Waals surface area contributed by atoms with E-state index in [4.69, 9.17) is 5.73 Å². The van der Waals surface area contributed by atoms with Gasteiger partial charge in [0.1, 0.15) is 0 Å². The molecule has 0 radical (unpaired) electrons. The standard InChI is InChI=1S/C21H30N4O2/c1-2-21(22)9-11-24(12-10-21)20(27)19(26)23-16-4-7-17(8-5-16)25-14-15-3-6-18(25)13-15/h4-5,7-8,15,18H,2-3,6,9-14,22H2,1H3,(H,23,26). The smallest absolute Gasteiger partial charge is 0.313 e. The zero-order valence-corrected chi connectivity index (χ0v) is 16.1. The molecule has 3 N–H and O–H groups in total. The van der Waals surface area contributed by atoms with E-state index in [1.165, 1.54) is 24.9 Å². The first kappa shape index (κ1) is 18.3. The molecule has 146 valence electrons. The monoisotopic (exact) mass is 370 g/mol. The molecular formula is C21H30N4O2. The Kier molecular flexibility index (Phi) is 4.84. The van der Waals surface area contributed by atoms with Crippen LogP contribution in [0.5, 0.6) is 0 Å². The Hall–Kier alpha value is -2.08. The lowest BCUT2D eigenvalue weighted by Crippen LogP contribution is -2.53. The van der Waals surface area contributed by atoms with E-state index in [9.17, 15) is 9.59 Å². The van der Waals surface area contributed by atoms with Gasteiger partial charge in [0.2, 0.25) is 0 Å². The van der Waals surface area contributed by atoms with Crippen LogP contribution in [0.15, 0.2) is 24.3 Å². The number of hydrogen-bond acceptors (Lipinski definition) is 4. The molecule has 2 saturated heterocycles. The number of likely N-dealkylation sites (tertiary alicyclic amines) is 1. The van der Waals surface area contributed by atoms with Crippen LogP contribution in [0.2, 0.25) is 0 Å². The average Bonchev–Trinajstić information content (AvgIpc) is 3.32. The molecule has 2 atom stereocenters. The molecule has 1 aliphatic carbocycles. The van der Waals surface area contributed by atoms with Crippen molar-refractivity contribution in [2.75, 3.05) is 29.9 Å². The molecule has 1 aromatic carbocycles. The zero-order chi connectivity index (χ0) is 19.0. The van der Waals surface area contributed by atoms with Crippen LogP contribution in [0.3, 0.4) is 0 Å². The second-order valence-corrected chi connectivity index (χ2v) is 8.49. The van der Waals surface area contributed by atoms with Gasteiger partial charge in [0.25, 0.3) is 0 Å². The summed E-state index contributed by atoms with van der Waals surface area (Å²) >= 11 is 0. The number of nitrogens with zero attached hydrogens (tertiary/aromatic N) is 2. The van der Waals surface area contributed by atoms with Crippen molar-refractivity contribution in [3.63, 3.8) is 0 Å². The Bertz CT molecular complexity index is 709. The van der Waals surface area contributed by atoms with E-state index in [-0.39, 0.29) is 5.54 Å². The van der Waals surface area contributed by atoms with E-state index in [1.54, 1.807) is 4.90 Å². The second kappa shape index (κ2) is 7.15. The van der Waals surface area contributed by atoms with Crippen molar-refractivity contribution in [1.29, 1.82) is 0 Å². The lowest BCUT2D eigenvalue weighted by molar-refractivity contribution is -0.144. The van der Waals surface area contributed by atoms with E-state index < -0.39 is 11.8 Å². The lowest BCUT2D eigenvalue weighted by Gasteiger charge is -2.38. The third-order valence-electron chi connectivity index (χ3n) is 6.81. The number of carbonyl (C=O) groups excluding carboxylic acids is 2. The highest BCUT2D eigenvalue weighted by Crippen LogP contribution is 2.40. The minimum absolute atomic E-state index is 0.196. The van der Waals surface area contributed by atoms with E-state index in [1.807, 2.05) is 24.3 Å². The van der Waals surface area contributed by atoms with Gasteiger partial charge in [0.15, 0.2) is 0 Å². The molecule has 6 nitrogen and oxygen atoms in total. The van der Waals surface area contributed by atoms with E-state index >= 15 is 0 Å². The maximum absolute atomic E-state index is 12.4. The molecule has 3 fully saturated rings. The number of fused-ring (bicyclic) bond motifs is 2.